The number of hydrogen-bond acceptors (Lipinski definition) is 10. The van der Waals surface area contributed by atoms with Crippen molar-refractivity contribution in [1.29, 1.82) is 0 Å². The number of esters is 2. The minimum Gasteiger partial charge on any atom is -0.469 e. The van der Waals surface area contributed by atoms with Crippen molar-refractivity contribution in [2.24, 2.45) is 5.92 Å². The fourth-order valence-electron chi connectivity index (χ4n) is 3.58. The van der Waals surface area contributed by atoms with Crippen LogP contribution in [0, 0.1) is 5.92 Å². The minimum absolute atomic E-state index is 0.0404. The summed E-state index contributed by atoms with van der Waals surface area (Å²) < 4.78 is 27.2. The number of alkyl halides is 1. The van der Waals surface area contributed by atoms with Gasteiger partial charge in [-0.1, -0.05) is 44.2 Å². The van der Waals surface area contributed by atoms with E-state index < -0.39 is 84.7 Å². The second-order valence-electron chi connectivity index (χ2n) is 9.78. The average Bonchev–Trinajstić information content (AvgIpc) is 2.99. The van der Waals surface area contributed by atoms with E-state index in [2.05, 4.69) is 30.7 Å². The van der Waals surface area contributed by atoms with Gasteiger partial charge in [-0.05, 0) is 24.8 Å². The number of carbonyl (C=O) groups excluding carboxylic acids is 7. The van der Waals surface area contributed by atoms with Crippen molar-refractivity contribution < 1.29 is 52.2 Å². The molecule has 0 aliphatic carbocycles. The van der Waals surface area contributed by atoms with E-state index in [0.717, 1.165) is 19.8 Å². The van der Waals surface area contributed by atoms with Crippen LogP contribution in [0.2, 0.25) is 0 Å². The van der Waals surface area contributed by atoms with Crippen molar-refractivity contribution in [2.45, 2.75) is 70.8 Å². The van der Waals surface area contributed by atoms with E-state index in [4.69, 9.17) is 4.74 Å². The number of benzene rings is 1. The molecule has 1 aromatic rings. The molecule has 0 heterocycles. The second kappa shape index (κ2) is 18.8. The van der Waals surface area contributed by atoms with Gasteiger partial charge in [-0.25, -0.2) is 9.18 Å². The van der Waals surface area contributed by atoms with Crippen LogP contribution < -0.4 is 21.3 Å². The SMILES string of the molecule is COC(=O)CCC(NC(=O)[C@H](C)NC(=O)OCc1ccccc1)C(=O)NC(C(=O)NC(CC(=O)OC)C(=O)CF)C(C)C. The van der Waals surface area contributed by atoms with Crippen LogP contribution in [0.3, 0.4) is 0 Å². The first-order chi connectivity index (χ1) is 20.3. The lowest BCUT2D eigenvalue weighted by atomic mass is 10.0. The van der Waals surface area contributed by atoms with Crippen LogP contribution in [-0.4, -0.2) is 86.6 Å². The maximum atomic E-state index is 13.2. The van der Waals surface area contributed by atoms with Crippen molar-refractivity contribution in [3.63, 3.8) is 0 Å². The normalized spacial score (nSPS) is 13.4. The highest BCUT2D eigenvalue weighted by molar-refractivity contribution is 5.97. The molecule has 4 N–H and O–H groups in total. The maximum absolute atomic E-state index is 13.2. The summed E-state index contributed by atoms with van der Waals surface area (Å²) in [6.07, 6.45) is -2.02. The molecule has 4 atom stereocenters. The third kappa shape index (κ3) is 13.3. The smallest absolute Gasteiger partial charge is 0.408 e. The standard InChI is InChI=1S/C28H39FN4O10/c1-16(2)24(27(39)32-20(21(34)14-29)13-23(36)42-5)33-26(38)19(11-12-22(35)41-4)31-25(37)17(3)30-28(40)43-15-18-9-7-6-8-10-18/h6-10,16-17,19-20,24H,11-15H2,1-5H3,(H,30,40)(H,31,37)(H,32,39)(H,33,38)/t17-,19?,20?,24?/m0/s1. The Morgan fingerprint density at radius 2 is 1.37 bits per heavy atom. The van der Waals surface area contributed by atoms with Crippen LogP contribution in [0.25, 0.3) is 0 Å². The summed E-state index contributed by atoms with van der Waals surface area (Å²) >= 11 is 0. The number of amides is 4. The number of Topliss-reactive ketones (excluding diaryl/α,β-unsaturated/α-hetero) is 1. The van der Waals surface area contributed by atoms with E-state index >= 15 is 0 Å². The number of carbonyl (C=O) groups is 7. The van der Waals surface area contributed by atoms with Crippen LogP contribution in [0.4, 0.5) is 9.18 Å². The molecule has 43 heavy (non-hydrogen) atoms. The van der Waals surface area contributed by atoms with Gasteiger partial charge in [0.1, 0.15) is 37.4 Å². The van der Waals surface area contributed by atoms with Gasteiger partial charge in [0.25, 0.3) is 0 Å². The van der Waals surface area contributed by atoms with Gasteiger partial charge >= 0.3 is 18.0 Å². The fraction of sp³-hybridized carbons (Fsp3) is 0.536. The Morgan fingerprint density at radius 3 is 1.93 bits per heavy atom. The quantitative estimate of drug-likeness (QED) is 0.142. The Balaban J connectivity index is 2.96. The van der Waals surface area contributed by atoms with Crippen LogP contribution in [0.5, 0.6) is 0 Å². The summed E-state index contributed by atoms with van der Waals surface area (Å²) in [7, 11) is 2.21. The summed E-state index contributed by atoms with van der Waals surface area (Å²) in [5.74, 6) is -5.73. The molecule has 1 rings (SSSR count). The first-order valence-corrected chi connectivity index (χ1v) is 13.4. The van der Waals surface area contributed by atoms with Gasteiger partial charge in [0.15, 0.2) is 5.78 Å². The van der Waals surface area contributed by atoms with E-state index in [1.807, 2.05) is 0 Å². The van der Waals surface area contributed by atoms with Gasteiger partial charge < -0.3 is 35.5 Å². The van der Waals surface area contributed by atoms with E-state index in [1.54, 1.807) is 44.2 Å². The largest absolute Gasteiger partial charge is 0.469 e. The van der Waals surface area contributed by atoms with Gasteiger partial charge in [0, 0.05) is 6.42 Å². The molecule has 3 unspecified atom stereocenters. The molecule has 14 nitrogen and oxygen atoms in total. The van der Waals surface area contributed by atoms with Crippen LogP contribution in [-0.2, 0) is 49.6 Å². The second-order valence-corrected chi connectivity index (χ2v) is 9.78. The zero-order chi connectivity index (χ0) is 32.5. The highest BCUT2D eigenvalue weighted by Gasteiger charge is 2.33. The monoisotopic (exact) mass is 610 g/mol. The zero-order valence-corrected chi connectivity index (χ0v) is 24.8. The van der Waals surface area contributed by atoms with Crippen LogP contribution in [0.1, 0.15) is 45.6 Å². The Morgan fingerprint density at radius 1 is 0.767 bits per heavy atom. The average molecular weight is 611 g/mol. The summed E-state index contributed by atoms with van der Waals surface area (Å²) in [6.45, 7) is 3.01. The molecule has 0 saturated carbocycles. The van der Waals surface area contributed by atoms with Crippen molar-refractivity contribution in [3.05, 3.63) is 35.9 Å². The van der Waals surface area contributed by atoms with Gasteiger partial charge in [-0.3, -0.25) is 28.8 Å². The Kier molecular flexibility index (Phi) is 15.9. The molecule has 1 aromatic carbocycles. The minimum atomic E-state index is -1.54. The predicted molar refractivity (Wildman–Crippen MR) is 149 cm³/mol. The predicted octanol–water partition coefficient (Wildman–Crippen LogP) is 0.467. The molecule has 4 amide bonds. The molecule has 0 aliphatic rings. The third-order valence-corrected chi connectivity index (χ3v) is 6.12. The molecular weight excluding hydrogens is 571 g/mol. The lowest BCUT2D eigenvalue weighted by molar-refractivity contribution is -0.144. The van der Waals surface area contributed by atoms with Gasteiger partial charge in [-0.15, -0.1) is 0 Å². The van der Waals surface area contributed by atoms with Crippen molar-refractivity contribution >= 4 is 41.5 Å². The molecule has 0 fully saturated rings. The van der Waals surface area contributed by atoms with Gasteiger partial charge in [0.2, 0.25) is 17.7 Å². The van der Waals surface area contributed by atoms with E-state index in [9.17, 15) is 38.0 Å². The molecule has 15 heteroatoms. The molecule has 0 bridgehead atoms. The number of ketones is 1. The molecular formula is C28H39FN4O10. The van der Waals surface area contributed by atoms with Crippen molar-refractivity contribution in [1.82, 2.24) is 21.3 Å². The molecule has 0 aromatic heterocycles. The summed E-state index contributed by atoms with van der Waals surface area (Å²) in [5, 5.41) is 9.49. The maximum Gasteiger partial charge on any atom is 0.408 e. The molecule has 0 spiro atoms. The van der Waals surface area contributed by atoms with E-state index in [0.29, 0.717) is 0 Å². The van der Waals surface area contributed by atoms with E-state index in [-0.39, 0.29) is 19.4 Å². The van der Waals surface area contributed by atoms with Gasteiger partial charge in [0.05, 0.1) is 20.6 Å². The van der Waals surface area contributed by atoms with Gasteiger partial charge in [-0.2, -0.15) is 0 Å². The molecule has 0 radical (unpaired) electrons. The fourth-order valence-corrected chi connectivity index (χ4v) is 3.58. The highest BCUT2D eigenvalue weighted by atomic mass is 19.1. The third-order valence-electron chi connectivity index (χ3n) is 6.12. The Labute approximate surface area is 248 Å². The number of ether oxygens (including phenoxy) is 3. The first-order valence-electron chi connectivity index (χ1n) is 13.4. The highest BCUT2D eigenvalue weighted by Crippen LogP contribution is 2.08. The zero-order valence-electron chi connectivity index (χ0n) is 24.8. The molecule has 0 aliphatic heterocycles. The Hall–Kier alpha value is -4.56. The summed E-state index contributed by atoms with van der Waals surface area (Å²) in [6, 6.07) is 3.48. The number of nitrogens with one attached hydrogen (secondary N) is 4. The lowest BCUT2D eigenvalue weighted by Gasteiger charge is -2.27. The number of rotatable bonds is 17. The first kappa shape index (κ1) is 36.5. The topological polar surface area (TPSA) is 195 Å². The number of alkyl carbamates (subject to hydrolysis) is 1. The van der Waals surface area contributed by atoms with Crippen LogP contribution >= 0.6 is 0 Å². The van der Waals surface area contributed by atoms with Crippen molar-refractivity contribution in [3.8, 4) is 0 Å². The number of hydrogen-bond donors (Lipinski definition) is 4. The Bertz CT molecular complexity index is 1130. The van der Waals surface area contributed by atoms with Crippen molar-refractivity contribution in [2.75, 3.05) is 20.9 Å². The summed E-state index contributed by atoms with van der Waals surface area (Å²) in [5.41, 5.74) is 0.726. The summed E-state index contributed by atoms with van der Waals surface area (Å²) in [4.78, 5) is 86.6. The molecule has 0 saturated heterocycles. The lowest BCUT2D eigenvalue weighted by Crippen LogP contribution is -2.59. The van der Waals surface area contributed by atoms with Crippen LogP contribution in [0.15, 0.2) is 30.3 Å². The molecule has 238 valence electrons. The number of methoxy groups -OCH3 is 2. The number of halogens is 1. The van der Waals surface area contributed by atoms with E-state index in [1.165, 1.54) is 6.92 Å².